The third-order valence-electron chi connectivity index (χ3n) is 3.47. The lowest BCUT2D eigenvalue weighted by atomic mass is 10.1. The molecule has 1 saturated heterocycles. The normalized spacial score (nSPS) is 20.1. The van der Waals surface area contributed by atoms with Crippen molar-refractivity contribution in [3.63, 3.8) is 0 Å². The van der Waals surface area contributed by atoms with Crippen molar-refractivity contribution in [1.29, 1.82) is 0 Å². The fraction of sp³-hybridized carbons (Fsp3) is 0.571. The number of hydrogen-bond donors (Lipinski definition) is 1. The Bertz CT molecular complexity index is 372. The molecule has 0 aliphatic carbocycles. The summed E-state index contributed by atoms with van der Waals surface area (Å²) in [5, 5.41) is 0. The topological polar surface area (TPSA) is 38.5 Å². The van der Waals surface area contributed by atoms with Crippen LogP contribution in [0.2, 0.25) is 0 Å². The average Bonchev–Trinajstić information content (AvgIpc) is 2.77. The Morgan fingerprint density at radius 2 is 2.29 bits per heavy atom. The fourth-order valence-electron chi connectivity index (χ4n) is 2.37. The number of hydrogen-bond acceptors (Lipinski definition) is 3. The smallest absolute Gasteiger partial charge is 0.0702 e. The second-order valence-corrected chi connectivity index (χ2v) is 4.96. The zero-order chi connectivity index (χ0) is 12.3. The van der Waals surface area contributed by atoms with Crippen molar-refractivity contribution in [1.82, 2.24) is 4.90 Å². The first-order valence-electron chi connectivity index (χ1n) is 6.31. The highest BCUT2D eigenvalue weighted by molar-refractivity contribution is 5.49. The number of nitrogen functional groups attached to an aromatic ring is 1. The van der Waals surface area contributed by atoms with Crippen LogP contribution >= 0.6 is 0 Å². The van der Waals surface area contributed by atoms with E-state index in [9.17, 15) is 0 Å². The van der Waals surface area contributed by atoms with Crippen LogP contribution in [-0.2, 0) is 11.3 Å². The molecule has 0 aromatic heterocycles. The van der Waals surface area contributed by atoms with E-state index in [-0.39, 0.29) is 0 Å². The fourth-order valence-corrected chi connectivity index (χ4v) is 2.37. The molecule has 1 aromatic carbocycles. The van der Waals surface area contributed by atoms with Gasteiger partial charge in [0.25, 0.3) is 0 Å². The highest BCUT2D eigenvalue weighted by Crippen LogP contribution is 2.18. The molecule has 3 heteroatoms. The molecular weight excluding hydrogens is 212 g/mol. The van der Waals surface area contributed by atoms with Crippen molar-refractivity contribution in [3.05, 3.63) is 29.3 Å². The number of benzene rings is 1. The van der Waals surface area contributed by atoms with Gasteiger partial charge in [-0.3, -0.25) is 4.90 Å². The molecule has 2 rings (SSSR count). The Morgan fingerprint density at radius 3 is 3.00 bits per heavy atom. The molecule has 0 radical (unpaired) electrons. The predicted molar refractivity (Wildman–Crippen MR) is 70.9 cm³/mol. The summed E-state index contributed by atoms with van der Waals surface area (Å²) in [6, 6.07) is 6.13. The van der Waals surface area contributed by atoms with E-state index in [4.69, 9.17) is 10.5 Å². The van der Waals surface area contributed by atoms with Crippen LogP contribution in [0.3, 0.4) is 0 Å². The molecule has 1 atom stereocenters. The number of ether oxygens (including phenoxy) is 1. The molecule has 17 heavy (non-hydrogen) atoms. The van der Waals surface area contributed by atoms with Crippen LogP contribution < -0.4 is 5.73 Å². The van der Waals surface area contributed by atoms with Gasteiger partial charge in [-0.25, -0.2) is 0 Å². The Balaban J connectivity index is 1.93. The summed E-state index contributed by atoms with van der Waals surface area (Å²) in [4.78, 5) is 2.32. The van der Waals surface area contributed by atoms with Gasteiger partial charge in [0.1, 0.15) is 0 Å². The van der Waals surface area contributed by atoms with Gasteiger partial charge in [-0.15, -0.1) is 0 Å². The molecule has 0 bridgehead atoms. The molecule has 0 saturated carbocycles. The molecule has 1 aromatic rings. The van der Waals surface area contributed by atoms with Gasteiger partial charge in [-0.1, -0.05) is 12.1 Å². The molecule has 1 aliphatic heterocycles. The molecule has 3 nitrogen and oxygen atoms in total. The standard InChI is InChI=1S/C14H22N2O/c1-11-12(5-3-7-14(11)15)9-16(2)10-13-6-4-8-17-13/h3,5,7,13H,4,6,8-10,15H2,1-2H3. The second-order valence-electron chi connectivity index (χ2n) is 4.96. The molecule has 94 valence electrons. The summed E-state index contributed by atoms with van der Waals surface area (Å²) < 4.78 is 5.65. The molecule has 2 N–H and O–H groups in total. The van der Waals surface area contributed by atoms with Crippen molar-refractivity contribution in [3.8, 4) is 0 Å². The Hall–Kier alpha value is -1.06. The minimum Gasteiger partial charge on any atom is -0.399 e. The van der Waals surface area contributed by atoms with Crippen LogP contribution in [0, 0.1) is 6.92 Å². The maximum absolute atomic E-state index is 5.92. The van der Waals surface area contributed by atoms with Gasteiger partial charge in [-0.2, -0.15) is 0 Å². The summed E-state index contributed by atoms with van der Waals surface area (Å²) >= 11 is 0. The molecule has 0 amide bonds. The van der Waals surface area contributed by atoms with E-state index >= 15 is 0 Å². The number of anilines is 1. The molecule has 1 unspecified atom stereocenters. The lowest BCUT2D eigenvalue weighted by Gasteiger charge is -2.21. The van der Waals surface area contributed by atoms with E-state index in [0.29, 0.717) is 6.10 Å². The van der Waals surface area contributed by atoms with Gasteiger partial charge >= 0.3 is 0 Å². The first-order valence-corrected chi connectivity index (χ1v) is 6.31. The molecule has 1 aliphatic rings. The molecule has 1 heterocycles. The van der Waals surface area contributed by atoms with Crippen molar-refractivity contribution in [2.45, 2.75) is 32.4 Å². The maximum atomic E-state index is 5.92. The Labute approximate surface area is 104 Å². The van der Waals surface area contributed by atoms with E-state index in [1.165, 1.54) is 24.0 Å². The van der Waals surface area contributed by atoms with E-state index in [2.05, 4.69) is 24.9 Å². The number of rotatable bonds is 4. The largest absolute Gasteiger partial charge is 0.399 e. The lowest BCUT2D eigenvalue weighted by molar-refractivity contribution is 0.0793. The monoisotopic (exact) mass is 234 g/mol. The summed E-state index contributed by atoms with van der Waals surface area (Å²) in [7, 11) is 2.14. The van der Waals surface area contributed by atoms with Crippen LogP contribution in [0.15, 0.2) is 18.2 Å². The Kier molecular flexibility index (Phi) is 4.02. The van der Waals surface area contributed by atoms with Gasteiger partial charge in [0, 0.05) is 25.4 Å². The first-order chi connectivity index (χ1) is 8.16. The summed E-state index contributed by atoms with van der Waals surface area (Å²) in [5.74, 6) is 0. The van der Waals surface area contributed by atoms with Crippen LogP contribution in [0.1, 0.15) is 24.0 Å². The summed E-state index contributed by atoms with van der Waals surface area (Å²) in [6.45, 7) is 4.96. The molecular formula is C14H22N2O. The number of nitrogens with two attached hydrogens (primary N) is 1. The van der Waals surface area contributed by atoms with Crippen molar-refractivity contribution < 1.29 is 4.74 Å². The zero-order valence-corrected chi connectivity index (χ0v) is 10.8. The minimum absolute atomic E-state index is 0.418. The van der Waals surface area contributed by atoms with Gasteiger partial charge in [0.15, 0.2) is 0 Å². The third-order valence-corrected chi connectivity index (χ3v) is 3.47. The molecule has 0 spiro atoms. The maximum Gasteiger partial charge on any atom is 0.0702 e. The lowest BCUT2D eigenvalue weighted by Crippen LogP contribution is -2.28. The van der Waals surface area contributed by atoms with Crippen LogP contribution in [0.4, 0.5) is 5.69 Å². The highest BCUT2D eigenvalue weighted by Gasteiger charge is 2.17. The predicted octanol–water partition coefficient (Wildman–Crippen LogP) is 2.19. The van der Waals surface area contributed by atoms with Crippen LogP contribution in [0.5, 0.6) is 0 Å². The van der Waals surface area contributed by atoms with Crippen molar-refractivity contribution >= 4 is 5.69 Å². The van der Waals surface area contributed by atoms with Gasteiger partial charge in [0.05, 0.1) is 6.10 Å². The van der Waals surface area contributed by atoms with Gasteiger partial charge < -0.3 is 10.5 Å². The zero-order valence-electron chi connectivity index (χ0n) is 10.8. The van der Waals surface area contributed by atoms with E-state index in [0.717, 1.165) is 25.4 Å². The van der Waals surface area contributed by atoms with Gasteiger partial charge in [0.2, 0.25) is 0 Å². The van der Waals surface area contributed by atoms with Crippen LogP contribution in [-0.4, -0.2) is 31.2 Å². The summed E-state index contributed by atoms with van der Waals surface area (Å²) in [5.41, 5.74) is 9.31. The quantitative estimate of drug-likeness (QED) is 0.812. The Morgan fingerprint density at radius 1 is 1.47 bits per heavy atom. The molecule has 1 fully saturated rings. The minimum atomic E-state index is 0.418. The SMILES string of the molecule is Cc1c(N)cccc1CN(C)CC1CCCO1. The van der Waals surface area contributed by atoms with Crippen molar-refractivity contribution in [2.24, 2.45) is 0 Å². The average molecular weight is 234 g/mol. The number of nitrogens with zero attached hydrogens (tertiary/aromatic N) is 1. The second kappa shape index (κ2) is 5.52. The number of likely N-dealkylation sites (N-methyl/N-ethyl adjacent to an activating group) is 1. The van der Waals surface area contributed by atoms with E-state index in [1.54, 1.807) is 0 Å². The first kappa shape index (κ1) is 12.4. The van der Waals surface area contributed by atoms with E-state index < -0.39 is 0 Å². The van der Waals surface area contributed by atoms with Gasteiger partial charge in [-0.05, 0) is 44.0 Å². The summed E-state index contributed by atoms with van der Waals surface area (Å²) in [6.07, 6.45) is 2.82. The highest BCUT2D eigenvalue weighted by atomic mass is 16.5. The van der Waals surface area contributed by atoms with Crippen LogP contribution in [0.25, 0.3) is 0 Å². The third kappa shape index (κ3) is 3.20. The van der Waals surface area contributed by atoms with Crippen molar-refractivity contribution in [2.75, 3.05) is 25.9 Å². The van der Waals surface area contributed by atoms with E-state index in [1.807, 2.05) is 12.1 Å².